The summed E-state index contributed by atoms with van der Waals surface area (Å²) < 4.78 is 1.67. The van der Waals surface area contributed by atoms with Gasteiger partial charge in [-0.05, 0) is 56.7 Å². The van der Waals surface area contributed by atoms with E-state index >= 15 is 0 Å². The average molecular weight is 428 g/mol. The number of carbonyl (C=O) groups is 1. The normalized spacial score (nSPS) is 14.6. The minimum atomic E-state index is -0.0382. The van der Waals surface area contributed by atoms with Crippen molar-refractivity contribution in [2.24, 2.45) is 0 Å². The standard InChI is InChI=1S/C22H25N3O2S2/c1-3-14(2)23-18(26)13-28-22-24-20-19(16-11-7-8-12-17(16)29-20)21(27)25(22)15-9-5-4-6-10-15/h4-6,9-10,14H,3,7-8,11-13H2,1-2H3,(H,23,26). The number of amides is 1. The highest BCUT2D eigenvalue weighted by Crippen LogP contribution is 2.35. The molecule has 0 fully saturated rings. The maximum absolute atomic E-state index is 13.6. The molecule has 1 aliphatic carbocycles. The van der Waals surface area contributed by atoms with E-state index in [9.17, 15) is 9.59 Å². The number of para-hydroxylation sites is 1. The van der Waals surface area contributed by atoms with Gasteiger partial charge in [0.25, 0.3) is 5.56 Å². The number of thiophene rings is 1. The van der Waals surface area contributed by atoms with Gasteiger partial charge in [0, 0.05) is 10.9 Å². The van der Waals surface area contributed by atoms with Gasteiger partial charge < -0.3 is 5.32 Å². The monoisotopic (exact) mass is 427 g/mol. The molecule has 1 aliphatic rings. The van der Waals surface area contributed by atoms with Crippen molar-refractivity contribution in [3.05, 3.63) is 51.1 Å². The molecule has 1 atom stereocenters. The molecule has 7 heteroatoms. The van der Waals surface area contributed by atoms with Gasteiger partial charge in [0.1, 0.15) is 4.83 Å². The third-order valence-corrected chi connectivity index (χ3v) is 7.45. The fraction of sp³-hybridized carbons (Fsp3) is 0.409. The maximum atomic E-state index is 13.6. The summed E-state index contributed by atoms with van der Waals surface area (Å²) in [5.74, 6) is 0.198. The number of hydrogen-bond donors (Lipinski definition) is 1. The fourth-order valence-corrected chi connectivity index (χ4v) is 5.76. The lowest BCUT2D eigenvalue weighted by Crippen LogP contribution is -2.33. The number of aromatic nitrogens is 2. The Morgan fingerprint density at radius 1 is 1.28 bits per heavy atom. The van der Waals surface area contributed by atoms with Crippen LogP contribution in [0.25, 0.3) is 15.9 Å². The predicted molar refractivity (Wildman–Crippen MR) is 120 cm³/mol. The number of thioether (sulfide) groups is 1. The third-order valence-electron chi connectivity index (χ3n) is 5.32. The Balaban J connectivity index is 1.78. The van der Waals surface area contributed by atoms with Gasteiger partial charge in [-0.3, -0.25) is 14.2 Å². The van der Waals surface area contributed by atoms with Crippen LogP contribution >= 0.6 is 23.1 Å². The van der Waals surface area contributed by atoms with Crippen LogP contribution in [-0.2, 0) is 17.6 Å². The highest BCUT2D eigenvalue weighted by molar-refractivity contribution is 7.99. The van der Waals surface area contributed by atoms with Crippen molar-refractivity contribution < 1.29 is 4.79 Å². The van der Waals surface area contributed by atoms with Crippen LogP contribution in [0.3, 0.4) is 0 Å². The second-order valence-corrected chi connectivity index (χ2v) is 9.45. The molecule has 0 radical (unpaired) electrons. The van der Waals surface area contributed by atoms with Crippen molar-refractivity contribution in [2.45, 2.75) is 57.1 Å². The molecule has 0 saturated heterocycles. The van der Waals surface area contributed by atoms with Crippen molar-refractivity contribution >= 4 is 39.2 Å². The Kier molecular flexibility index (Phi) is 6.06. The summed E-state index contributed by atoms with van der Waals surface area (Å²) in [6.07, 6.45) is 5.15. The van der Waals surface area contributed by atoms with E-state index in [0.29, 0.717) is 5.16 Å². The van der Waals surface area contributed by atoms with Crippen molar-refractivity contribution in [2.75, 3.05) is 5.75 Å². The zero-order chi connectivity index (χ0) is 20.4. The molecule has 2 aromatic heterocycles. The number of aryl methyl sites for hydroxylation is 2. The molecule has 1 unspecified atom stereocenters. The highest BCUT2D eigenvalue weighted by atomic mass is 32.2. The molecule has 0 bridgehead atoms. The number of hydrogen-bond acceptors (Lipinski definition) is 5. The highest BCUT2D eigenvalue weighted by Gasteiger charge is 2.23. The minimum absolute atomic E-state index is 0.0227. The van der Waals surface area contributed by atoms with E-state index in [4.69, 9.17) is 4.98 Å². The molecule has 29 heavy (non-hydrogen) atoms. The summed E-state index contributed by atoms with van der Waals surface area (Å²) in [6, 6.07) is 9.73. The van der Waals surface area contributed by atoms with E-state index in [1.807, 2.05) is 44.2 Å². The molecule has 0 saturated carbocycles. The summed E-state index contributed by atoms with van der Waals surface area (Å²) >= 11 is 2.97. The van der Waals surface area contributed by atoms with Gasteiger partial charge in [-0.25, -0.2) is 4.98 Å². The first kappa shape index (κ1) is 20.2. The molecule has 1 aromatic carbocycles. The van der Waals surface area contributed by atoms with Gasteiger partial charge in [0.2, 0.25) is 5.91 Å². The van der Waals surface area contributed by atoms with Gasteiger partial charge >= 0.3 is 0 Å². The molecular weight excluding hydrogens is 402 g/mol. The lowest BCUT2D eigenvalue weighted by molar-refractivity contribution is -0.119. The number of fused-ring (bicyclic) bond motifs is 3. The fourth-order valence-electron chi connectivity index (χ4n) is 3.64. The van der Waals surface area contributed by atoms with E-state index in [2.05, 4.69) is 5.32 Å². The zero-order valence-corrected chi connectivity index (χ0v) is 18.4. The molecule has 0 aliphatic heterocycles. The Bertz CT molecular complexity index is 1090. The third kappa shape index (κ3) is 4.12. The molecule has 1 amide bonds. The number of carbonyl (C=O) groups excluding carboxylic acids is 1. The van der Waals surface area contributed by atoms with E-state index in [0.717, 1.165) is 41.6 Å². The first-order valence-electron chi connectivity index (χ1n) is 10.1. The molecular formula is C22H25N3O2S2. The van der Waals surface area contributed by atoms with Gasteiger partial charge in [-0.1, -0.05) is 36.9 Å². The summed E-state index contributed by atoms with van der Waals surface area (Å²) in [5.41, 5.74) is 1.95. The lowest BCUT2D eigenvalue weighted by atomic mass is 9.97. The smallest absolute Gasteiger partial charge is 0.267 e. The molecule has 3 aromatic rings. The van der Waals surface area contributed by atoms with Crippen LogP contribution in [-0.4, -0.2) is 27.3 Å². The van der Waals surface area contributed by atoms with Crippen molar-refractivity contribution in [1.29, 1.82) is 0 Å². The SMILES string of the molecule is CCC(C)NC(=O)CSc1nc2sc3c(c2c(=O)n1-c1ccccc1)CCCC3. The summed E-state index contributed by atoms with van der Waals surface area (Å²) in [4.78, 5) is 32.8. The van der Waals surface area contributed by atoms with Gasteiger partial charge in [0.15, 0.2) is 5.16 Å². The largest absolute Gasteiger partial charge is 0.353 e. The maximum Gasteiger partial charge on any atom is 0.267 e. The van der Waals surface area contributed by atoms with E-state index in [1.165, 1.54) is 28.6 Å². The predicted octanol–water partition coefficient (Wildman–Crippen LogP) is 4.33. The van der Waals surface area contributed by atoms with Crippen molar-refractivity contribution in [3.63, 3.8) is 0 Å². The molecule has 152 valence electrons. The van der Waals surface area contributed by atoms with Gasteiger partial charge in [0.05, 0.1) is 16.8 Å². The van der Waals surface area contributed by atoms with Crippen LogP contribution in [0.4, 0.5) is 0 Å². The topological polar surface area (TPSA) is 64.0 Å². The number of benzene rings is 1. The molecule has 5 nitrogen and oxygen atoms in total. The molecule has 1 N–H and O–H groups in total. The Hall–Kier alpha value is -2.12. The van der Waals surface area contributed by atoms with Crippen LogP contribution in [0, 0.1) is 0 Å². The number of nitrogens with one attached hydrogen (secondary N) is 1. The second kappa shape index (κ2) is 8.71. The van der Waals surface area contributed by atoms with Crippen molar-refractivity contribution in [3.8, 4) is 5.69 Å². The van der Waals surface area contributed by atoms with E-state index in [-0.39, 0.29) is 23.3 Å². The lowest BCUT2D eigenvalue weighted by Gasteiger charge is -2.14. The Morgan fingerprint density at radius 3 is 2.79 bits per heavy atom. The second-order valence-electron chi connectivity index (χ2n) is 7.43. The number of nitrogens with zero attached hydrogens (tertiary/aromatic N) is 2. The first-order chi connectivity index (χ1) is 14.1. The Labute approximate surface area is 178 Å². The van der Waals surface area contributed by atoms with Crippen LogP contribution in [0.1, 0.15) is 43.6 Å². The van der Waals surface area contributed by atoms with Gasteiger partial charge in [-0.15, -0.1) is 11.3 Å². The van der Waals surface area contributed by atoms with Crippen LogP contribution in [0.5, 0.6) is 0 Å². The summed E-state index contributed by atoms with van der Waals surface area (Å²) in [6.45, 7) is 4.03. The molecule has 4 rings (SSSR count). The minimum Gasteiger partial charge on any atom is -0.353 e. The van der Waals surface area contributed by atoms with E-state index in [1.54, 1.807) is 15.9 Å². The first-order valence-corrected chi connectivity index (χ1v) is 11.9. The summed E-state index contributed by atoms with van der Waals surface area (Å²) in [5, 5.41) is 4.32. The van der Waals surface area contributed by atoms with Crippen LogP contribution in [0.2, 0.25) is 0 Å². The van der Waals surface area contributed by atoms with Crippen LogP contribution < -0.4 is 10.9 Å². The zero-order valence-electron chi connectivity index (χ0n) is 16.7. The Morgan fingerprint density at radius 2 is 2.03 bits per heavy atom. The number of rotatable bonds is 6. The van der Waals surface area contributed by atoms with Crippen LogP contribution in [0.15, 0.2) is 40.3 Å². The summed E-state index contributed by atoms with van der Waals surface area (Å²) in [7, 11) is 0. The average Bonchev–Trinajstić information content (AvgIpc) is 3.11. The molecule has 2 heterocycles. The molecule has 0 spiro atoms. The van der Waals surface area contributed by atoms with Crippen molar-refractivity contribution in [1.82, 2.24) is 14.9 Å². The van der Waals surface area contributed by atoms with E-state index < -0.39 is 0 Å². The quantitative estimate of drug-likeness (QED) is 0.470. The van der Waals surface area contributed by atoms with Gasteiger partial charge in [-0.2, -0.15) is 0 Å².